The van der Waals surface area contributed by atoms with Crippen LogP contribution in [0.3, 0.4) is 0 Å². The molecule has 2 heterocycles. The number of carbonyl (C=O) groups is 2. The molecule has 2 aliphatic rings. The van der Waals surface area contributed by atoms with Crippen molar-refractivity contribution in [3.63, 3.8) is 0 Å². The molecule has 4 rings (SSSR count). The van der Waals surface area contributed by atoms with Gasteiger partial charge >= 0.3 is 0 Å². The van der Waals surface area contributed by atoms with E-state index < -0.39 is 11.8 Å². The Balaban J connectivity index is 0.000000240. The fraction of sp³-hybridized carbons (Fsp3) is 0.417. The second-order valence-electron chi connectivity index (χ2n) is 8.59. The van der Waals surface area contributed by atoms with Gasteiger partial charge in [-0.3, -0.25) is 9.59 Å². The van der Waals surface area contributed by atoms with Gasteiger partial charge in [-0.15, -0.1) is 0 Å². The molecule has 0 saturated carbocycles. The summed E-state index contributed by atoms with van der Waals surface area (Å²) in [6.07, 6.45) is 2.13. The molecule has 2 atom stereocenters. The standard InChI is InChI=1S/2C12H15ClN2O2.H2O/c2*1-15-5-4-9(7-15)17-11-3-2-8(13)6-10(11)12(14)16;/h2*2-3,6,9H,4-5,7H2,1H3,(H2,14,16);1H2. The summed E-state index contributed by atoms with van der Waals surface area (Å²) in [4.78, 5) is 26.9. The second-order valence-corrected chi connectivity index (χ2v) is 9.46. The molecule has 192 valence electrons. The Morgan fingerprint density at radius 3 is 1.46 bits per heavy atom. The fourth-order valence-corrected chi connectivity index (χ4v) is 4.28. The zero-order chi connectivity index (χ0) is 24.8. The largest absolute Gasteiger partial charge is 0.488 e. The number of ether oxygens (including phenoxy) is 2. The van der Waals surface area contributed by atoms with Crippen molar-refractivity contribution in [1.82, 2.24) is 9.80 Å². The quantitative estimate of drug-likeness (QED) is 0.590. The maximum Gasteiger partial charge on any atom is 0.252 e. The number of carbonyl (C=O) groups excluding carboxylic acids is 2. The minimum Gasteiger partial charge on any atom is -0.488 e. The number of hydrogen-bond acceptors (Lipinski definition) is 6. The highest BCUT2D eigenvalue weighted by Gasteiger charge is 2.24. The van der Waals surface area contributed by atoms with Crippen LogP contribution in [-0.2, 0) is 0 Å². The Bertz CT molecular complexity index is 957. The molecule has 6 N–H and O–H groups in total. The molecule has 2 fully saturated rings. The van der Waals surface area contributed by atoms with E-state index in [0.29, 0.717) is 32.7 Å². The van der Waals surface area contributed by atoms with E-state index in [1.54, 1.807) is 24.3 Å². The molecule has 2 amide bonds. The molecule has 2 aliphatic heterocycles. The highest BCUT2D eigenvalue weighted by Crippen LogP contribution is 2.26. The molecule has 0 radical (unpaired) electrons. The van der Waals surface area contributed by atoms with Crippen LogP contribution in [0, 0.1) is 0 Å². The van der Waals surface area contributed by atoms with Gasteiger partial charge in [0.1, 0.15) is 23.7 Å². The van der Waals surface area contributed by atoms with Crippen LogP contribution in [0.5, 0.6) is 11.5 Å². The number of amides is 2. The van der Waals surface area contributed by atoms with E-state index in [1.807, 2.05) is 14.1 Å². The van der Waals surface area contributed by atoms with Crippen LogP contribution >= 0.6 is 23.2 Å². The summed E-state index contributed by atoms with van der Waals surface area (Å²) in [6, 6.07) is 9.86. The van der Waals surface area contributed by atoms with E-state index in [-0.39, 0.29) is 17.7 Å². The molecule has 0 bridgehead atoms. The molecular formula is C24H32Cl2N4O5. The van der Waals surface area contributed by atoms with Crippen molar-refractivity contribution >= 4 is 35.0 Å². The summed E-state index contributed by atoms with van der Waals surface area (Å²) in [6.45, 7) is 3.73. The zero-order valence-corrected chi connectivity index (χ0v) is 21.3. The number of nitrogens with two attached hydrogens (primary N) is 2. The van der Waals surface area contributed by atoms with Crippen LogP contribution in [0.2, 0.25) is 10.0 Å². The number of halogens is 2. The van der Waals surface area contributed by atoms with E-state index in [1.165, 1.54) is 12.1 Å². The molecule has 9 nitrogen and oxygen atoms in total. The van der Waals surface area contributed by atoms with Gasteiger partial charge in [-0.2, -0.15) is 0 Å². The average Bonchev–Trinajstić information content (AvgIpc) is 3.38. The first-order valence-corrected chi connectivity index (χ1v) is 11.8. The van der Waals surface area contributed by atoms with Crippen molar-refractivity contribution in [3.05, 3.63) is 57.6 Å². The molecule has 2 unspecified atom stereocenters. The predicted octanol–water partition coefficient (Wildman–Crippen LogP) is 2.22. The van der Waals surface area contributed by atoms with Crippen LogP contribution in [-0.4, -0.2) is 79.6 Å². The summed E-state index contributed by atoms with van der Waals surface area (Å²) in [5, 5.41) is 0.962. The van der Waals surface area contributed by atoms with Crippen molar-refractivity contribution in [3.8, 4) is 11.5 Å². The molecule has 2 aromatic rings. The van der Waals surface area contributed by atoms with Gasteiger partial charge in [0.25, 0.3) is 11.8 Å². The Labute approximate surface area is 215 Å². The van der Waals surface area contributed by atoms with E-state index in [2.05, 4.69) is 9.80 Å². The zero-order valence-electron chi connectivity index (χ0n) is 19.8. The first kappa shape index (κ1) is 28.7. The molecular weight excluding hydrogens is 495 g/mol. The van der Waals surface area contributed by atoms with Gasteiger partial charge in [0, 0.05) is 36.2 Å². The lowest BCUT2D eigenvalue weighted by Gasteiger charge is -2.15. The van der Waals surface area contributed by atoms with Gasteiger partial charge in [0.05, 0.1) is 11.1 Å². The lowest BCUT2D eigenvalue weighted by molar-refractivity contribution is 0.0984. The topological polar surface area (TPSA) is 143 Å². The monoisotopic (exact) mass is 526 g/mol. The van der Waals surface area contributed by atoms with Crippen LogP contribution in [0.25, 0.3) is 0 Å². The van der Waals surface area contributed by atoms with Gasteiger partial charge in [0.15, 0.2) is 0 Å². The van der Waals surface area contributed by atoms with E-state index >= 15 is 0 Å². The van der Waals surface area contributed by atoms with Crippen molar-refractivity contribution in [2.75, 3.05) is 40.3 Å². The van der Waals surface area contributed by atoms with E-state index in [0.717, 1.165) is 39.0 Å². The van der Waals surface area contributed by atoms with Gasteiger partial charge in [-0.1, -0.05) is 23.2 Å². The fourth-order valence-electron chi connectivity index (χ4n) is 3.94. The number of benzene rings is 2. The van der Waals surface area contributed by atoms with Gasteiger partial charge in [-0.25, -0.2) is 0 Å². The van der Waals surface area contributed by atoms with Crippen molar-refractivity contribution in [2.45, 2.75) is 25.0 Å². The van der Waals surface area contributed by atoms with Crippen molar-refractivity contribution in [2.24, 2.45) is 11.5 Å². The smallest absolute Gasteiger partial charge is 0.252 e. The minimum atomic E-state index is -0.520. The normalized spacial score (nSPS) is 19.9. The SMILES string of the molecule is CN1CCC(Oc2ccc(Cl)cc2C(N)=O)C1.CN1CCC(Oc2ccc(Cl)cc2C(N)=O)C1.O. The Morgan fingerprint density at radius 1 is 0.800 bits per heavy atom. The molecule has 0 aliphatic carbocycles. The van der Waals surface area contributed by atoms with Crippen LogP contribution in [0.15, 0.2) is 36.4 Å². The number of hydrogen-bond donors (Lipinski definition) is 2. The number of likely N-dealkylation sites (N-methyl/N-ethyl adjacent to an activating group) is 2. The third-order valence-electron chi connectivity index (χ3n) is 5.70. The molecule has 35 heavy (non-hydrogen) atoms. The van der Waals surface area contributed by atoms with E-state index in [9.17, 15) is 9.59 Å². The molecule has 2 aromatic carbocycles. The van der Waals surface area contributed by atoms with Crippen LogP contribution in [0.4, 0.5) is 0 Å². The molecule has 0 spiro atoms. The molecule has 11 heteroatoms. The van der Waals surface area contributed by atoms with Crippen molar-refractivity contribution < 1.29 is 24.5 Å². The lowest BCUT2D eigenvalue weighted by atomic mass is 10.2. The lowest BCUT2D eigenvalue weighted by Crippen LogP contribution is -2.23. The van der Waals surface area contributed by atoms with Crippen LogP contribution < -0.4 is 20.9 Å². The second kappa shape index (κ2) is 12.9. The van der Waals surface area contributed by atoms with Crippen LogP contribution in [0.1, 0.15) is 33.6 Å². The van der Waals surface area contributed by atoms with Gasteiger partial charge in [-0.05, 0) is 63.3 Å². The summed E-state index contributed by atoms with van der Waals surface area (Å²) in [5.41, 5.74) is 11.3. The molecule has 2 saturated heterocycles. The third kappa shape index (κ3) is 8.26. The van der Waals surface area contributed by atoms with Crippen molar-refractivity contribution in [1.29, 1.82) is 0 Å². The highest BCUT2D eigenvalue weighted by molar-refractivity contribution is 6.31. The first-order chi connectivity index (χ1) is 16.1. The number of primary amides is 2. The minimum absolute atomic E-state index is 0. The molecule has 0 aromatic heterocycles. The van der Waals surface area contributed by atoms with E-state index in [4.69, 9.17) is 44.1 Å². The summed E-state index contributed by atoms with van der Waals surface area (Å²) >= 11 is 11.7. The number of likely N-dealkylation sites (tertiary alicyclic amines) is 2. The highest BCUT2D eigenvalue weighted by atomic mass is 35.5. The summed E-state index contributed by atoms with van der Waals surface area (Å²) in [7, 11) is 4.08. The maximum absolute atomic E-state index is 11.3. The average molecular weight is 527 g/mol. The Kier molecular flexibility index (Phi) is 10.6. The summed E-state index contributed by atoms with van der Waals surface area (Å²) in [5.74, 6) is -0.00731. The number of rotatable bonds is 6. The number of nitrogens with zero attached hydrogens (tertiary/aromatic N) is 2. The predicted molar refractivity (Wildman–Crippen MR) is 137 cm³/mol. The Hall–Kier alpha value is -2.56. The third-order valence-corrected chi connectivity index (χ3v) is 6.17. The first-order valence-electron chi connectivity index (χ1n) is 11.0. The van der Waals surface area contributed by atoms with Gasteiger partial charge < -0.3 is 36.2 Å². The summed E-state index contributed by atoms with van der Waals surface area (Å²) < 4.78 is 11.6. The maximum atomic E-state index is 11.3. The van der Waals surface area contributed by atoms with Gasteiger partial charge in [0.2, 0.25) is 0 Å². The Morgan fingerprint density at radius 2 is 1.17 bits per heavy atom.